The van der Waals surface area contributed by atoms with Crippen LogP contribution in [0.15, 0.2) is 42.5 Å². The summed E-state index contributed by atoms with van der Waals surface area (Å²) in [5, 5.41) is 0.783. The van der Waals surface area contributed by atoms with Gasteiger partial charge in [-0.2, -0.15) is 0 Å². The quantitative estimate of drug-likeness (QED) is 0.679. The van der Waals surface area contributed by atoms with Crippen LogP contribution in [0.1, 0.15) is 25.3 Å². The predicted octanol–water partition coefficient (Wildman–Crippen LogP) is 5.27. The van der Waals surface area contributed by atoms with Crippen LogP contribution in [0.25, 0.3) is 11.1 Å². The summed E-state index contributed by atoms with van der Waals surface area (Å²) in [5.74, 6) is 0.162. The van der Waals surface area contributed by atoms with Crippen LogP contribution in [-0.2, 0) is 0 Å². The lowest BCUT2D eigenvalue weighted by atomic mass is 9.97. The van der Waals surface area contributed by atoms with Gasteiger partial charge < -0.3 is 0 Å². The predicted molar refractivity (Wildman–Crippen MR) is 70.9 cm³/mol. The minimum absolute atomic E-state index is 0.216. The summed E-state index contributed by atoms with van der Waals surface area (Å²) >= 11 is 6.14. The summed E-state index contributed by atoms with van der Waals surface area (Å²) in [5.41, 5.74) is 3.19. The smallest absolute Gasteiger partial charge is 0.123 e. The highest BCUT2D eigenvalue weighted by molar-refractivity contribution is 6.31. The molecule has 0 bridgehead atoms. The monoisotopic (exact) mass is 248 g/mol. The molecule has 17 heavy (non-hydrogen) atoms. The molecule has 0 radical (unpaired) electrons. The van der Waals surface area contributed by atoms with E-state index < -0.39 is 0 Å². The highest BCUT2D eigenvalue weighted by Crippen LogP contribution is 2.29. The Hall–Kier alpha value is -1.34. The zero-order valence-corrected chi connectivity index (χ0v) is 10.6. The Balaban J connectivity index is 2.46. The second kappa shape index (κ2) is 4.89. The van der Waals surface area contributed by atoms with E-state index in [1.165, 1.54) is 12.1 Å². The fourth-order valence-corrected chi connectivity index (χ4v) is 2.14. The molecule has 0 atom stereocenters. The Bertz CT molecular complexity index is 515. The number of rotatable bonds is 2. The van der Waals surface area contributed by atoms with Gasteiger partial charge >= 0.3 is 0 Å². The van der Waals surface area contributed by atoms with E-state index in [0.717, 1.165) is 21.7 Å². The first-order valence-electron chi connectivity index (χ1n) is 5.63. The van der Waals surface area contributed by atoms with E-state index in [1.807, 2.05) is 12.1 Å². The standard InChI is InChI=1S/C15H14ClF/c1-10(2)14-9-12(5-8-15(14)16)11-3-6-13(17)7-4-11/h3-10H,1-2H3. The molecule has 0 heterocycles. The Labute approximate surface area is 106 Å². The van der Waals surface area contributed by atoms with E-state index in [2.05, 4.69) is 19.9 Å². The molecule has 0 aliphatic heterocycles. The molecule has 0 fully saturated rings. The van der Waals surface area contributed by atoms with Crippen LogP contribution in [-0.4, -0.2) is 0 Å². The Morgan fingerprint density at radius 3 is 2.12 bits per heavy atom. The van der Waals surface area contributed by atoms with Crippen LogP contribution in [0.4, 0.5) is 4.39 Å². The topological polar surface area (TPSA) is 0 Å². The van der Waals surface area contributed by atoms with Gasteiger partial charge in [0.2, 0.25) is 0 Å². The van der Waals surface area contributed by atoms with Crippen molar-refractivity contribution < 1.29 is 4.39 Å². The third-order valence-corrected chi connectivity index (χ3v) is 3.14. The molecule has 2 heteroatoms. The number of hydrogen-bond donors (Lipinski definition) is 0. The van der Waals surface area contributed by atoms with Crippen LogP contribution in [0.2, 0.25) is 5.02 Å². The highest BCUT2D eigenvalue weighted by atomic mass is 35.5. The molecule has 0 aliphatic carbocycles. The average molecular weight is 249 g/mol. The number of halogens is 2. The first-order valence-corrected chi connectivity index (χ1v) is 6.01. The molecular weight excluding hydrogens is 235 g/mol. The molecule has 0 saturated heterocycles. The van der Waals surface area contributed by atoms with Gasteiger partial charge in [-0.25, -0.2) is 4.39 Å². The number of hydrogen-bond acceptors (Lipinski definition) is 0. The van der Waals surface area contributed by atoms with Gasteiger partial charge in [0, 0.05) is 5.02 Å². The Morgan fingerprint density at radius 2 is 1.53 bits per heavy atom. The summed E-state index contributed by atoms with van der Waals surface area (Å²) in [6.45, 7) is 4.21. The molecule has 0 aromatic heterocycles. The largest absolute Gasteiger partial charge is 0.207 e. The SMILES string of the molecule is CC(C)c1cc(-c2ccc(F)cc2)ccc1Cl. The normalized spacial score (nSPS) is 10.9. The van der Waals surface area contributed by atoms with Crippen LogP contribution in [0.3, 0.4) is 0 Å². The van der Waals surface area contributed by atoms with Crippen molar-refractivity contribution in [2.24, 2.45) is 0 Å². The van der Waals surface area contributed by atoms with Crippen molar-refractivity contribution in [3.8, 4) is 11.1 Å². The van der Waals surface area contributed by atoms with Gasteiger partial charge in [-0.05, 0) is 46.9 Å². The van der Waals surface area contributed by atoms with E-state index in [0.29, 0.717) is 5.92 Å². The van der Waals surface area contributed by atoms with Crippen molar-refractivity contribution in [1.82, 2.24) is 0 Å². The minimum Gasteiger partial charge on any atom is -0.207 e. The maximum absolute atomic E-state index is 12.9. The summed E-state index contributed by atoms with van der Waals surface area (Å²) in [6, 6.07) is 12.4. The molecule has 0 unspecified atom stereocenters. The fourth-order valence-electron chi connectivity index (χ4n) is 1.81. The van der Waals surface area contributed by atoms with Crippen LogP contribution >= 0.6 is 11.6 Å². The zero-order valence-electron chi connectivity index (χ0n) is 9.87. The van der Waals surface area contributed by atoms with Gasteiger partial charge in [-0.3, -0.25) is 0 Å². The molecule has 0 N–H and O–H groups in total. The van der Waals surface area contributed by atoms with E-state index in [-0.39, 0.29) is 5.82 Å². The summed E-state index contributed by atoms with van der Waals surface area (Å²) in [6.07, 6.45) is 0. The first-order chi connectivity index (χ1) is 8.08. The van der Waals surface area contributed by atoms with E-state index in [1.54, 1.807) is 12.1 Å². The molecule has 0 nitrogen and oxygen atoms in total. The lowest BCUT2D eigenvalue weighted by Gasteiger charge is -2.10. The summed E-state index contributed by atoms with van der Waals surface area (Å²) in [4.78, 5) is 0. The third kappa shape index (κ3) is 2.67. The minimum atomic E-state index is -0.216. The van der Waals surface area contributed by atoms with Crippen molar-refractivity contribution in [2.75, 3.05) is 0 Å². The van der Waals surface area contributed by atoms with Gasteiger partial charge in [-0.15, -0.1) is 0 Å². The van der Waals surface area contributed by atoms with Gasteiger partial charge in [0.1, 0.15) is 5.82 Å². The lowest BCUT2D eigenvalue weighted by Crippen LogP contribution is -1.90. The van der Waals surface area contributed by atoms with Crippen LogP contribution < -0.4 is 0 Å². The second-order valence-corrected chi connectivity index (χ2v) is 4.81. The maximum atomic E-state index is 12.9. The van der Waals surface area contributed by atoms with Gasteiger partial charge in [0.25, 0.3) is 0 Å². The third-order valence-electron chi connectivity index (χ3n) is 2.80. The molecule has 0 saturated carbocycles. The second-order valence-electron chi connectivity index (χ2n) is 4.40. The van der Waals surface area contributed by atoms with Crippen molar-refractivity contribution in [2.45, 2.75) is 19.8 Å². The molecule has 2 aromatic rings. The molecule has 0 amide bonds. The van der Waals surface area contributed by atoms with E-state index in [9.17, 15) is 4.39 Å². The fraction of sp³-hybridized carbons (Fsp3) is 0.200. The summed E-state index contributed by atoms with van der Waals surface area (Å²) in [7, 11) is 0. The van der Waals surface area contributed by atoms with Crippen LogP contribution in [0.5, 0.6) is 0 Å². The molecule has 2 aromatic carbocycles. The van der Waals surface area contributed by atoms with Crippen molar-refractivity contribution >= 4 is 11.6 Å². The van der Waals surface area contributed by atoms with Gasteiger partial charge in [0.05, 0.1) is 0 Å². The van der Waals surface area contributed by atoms with Crippen LogP contribution in [0, 0.1) is 5.82 Å². The van der Waals surface area contributed by atoms with Gasteiger partial charge in [-0.1, -0.05) is 43.6 Å². The average Bonchev–Trinajstić information content (AvgIpc) is 2.30. The molecule has 0 aliphatic rings. The van der Waals surface area contributed by atoms with Gasteiger partial charge in [0.15, 0.2) is 0 Å². The number of benzene rings is 2. The molecular formula is C15H14ClF. The molecule has 88 valence electrons. The Kier molecular flexibility index (Phi) is 3.49. The first kappa shape index (κ1) is 12.1. The molecule has 2 rings (SSSR count). The maximum Gasteiger partial charge on any atom is 0.123 e. The van der Waals surface area contributed by atoms with E-state index >= 15 is 0 Å². The van der Waals surface area contributed by atoms with Crippen molar-refractivity contribution in [1.29, 1.82) is 0 Å². The molecule has 0 spiro atoms. The Morgan fingerprint density at radius 1 is 0.941 bits per heavy atom. The summed E-state index contributed by atoms with van der Waals surface area (Å²) < 4.78 is 12.9. The van der Waals surface area contributed by atoms with Crippen molar-refractivity contribution in [3.63, 3.8) is 0 Å². The zero-order chi connectivity index (χ0) is 12.4. The highest BCUT2D eigenvalue weighted by Gasteiger charge is 2.07. The van der Waals surface area contributed by atoms with E-state index in [4.69, 9.17) is 11.6 Å². The lowest BCUT2D eigenvalue weighted by molar-refractivity contribution is 0.628. The van der Waals surface area contributed by atoms with Crippen molar-refractivity contribution in [3.05, 3.63) is 58.9 Å².